The SMILES string of the molecule is CCOC(=O)CN(CCC(=O)O)C(=O)OCc1ccccc1. The Morgan fingerprint density at radius 1 is 1.14 bits per heavy atom. The van der Waals surface area contributed by atoms with E-state index >= 15 is 0 Å². The second-order valence-corrected chi connectivity index (χ2v) is 4.41. The number of carboxylic acid groups (broad SMARTS) is 1. The van der Waals surface area contributed by atoms with E-state index < -0.39 is 18.0 Å². The summed E-state index contributed by atoms with van der Waals surface area (Å²) in [7, 11) is 0. The standard InChI is InChI=1S/C15H19NO6/c1-2-21-14(19)10-16(9-8-13(17)18)15(20)22-11-12-6-4-3-5-7-12/h3-7H,2,8-11H2,1H3,(H,17,18). The Hall–Kier alpha value is -2.57. The zero-order valence-corrected chi connectivity index (χ0v) is 12.4. The number of hydrogen-bond acceptors (Lipinski definition) is 5. The molecule has 1 N–H and O–H groups in total. The summed E-state index contributed by atoms with van der Waals surface area (Å²) in [6.07, 6.45) is -1.03. The molecule has 22 heavy (non-hydrogen) atoms. The van der Waals surface area contributed by atoms with Gasteiger partial charge in [-0.05, 0) is 12.5 Å². The number of carbonyl (C=O) groups is 3. The van der Waals surface area contributed by atoms with Gasteiger partial charge in [0.1, 0.15) is 13.2 Å². The van der Waals surface area contributed by atoms with Crippen molar-refractivity contribution in [3.63, 3.8) is 0 Å². The average Bonchev–Trinajstić information content (AvgIpc) is 2.50. The summed E-state index contributed by atoms with van der Waals surface area (Å²) < 4.78 is 9.84. The largest absolute Gasteiger partial charge is 0.481 e. The summed E-state index contributed by atoms with van der Waals surface area (Å²) in [4.78, 5) is 35.1. The summed E-state index contributed by atoms with van der Waals surface area (Å²) >= 11 is 0. The normalized spacial score (nSPS) is 9.86. The molecule has 120 valence electrons. The highest BCUT2D eigenvalue weighted by Gasteiger charge is 2.20. The van der Waals surface area contributed by atoms with Gasteiger partial charge in [-0.3, -0.25) is 14.5 Å². The lowest BCUT2D eigenvalue weighted by Crippen LogP contribution is -2.38. The van der Waals surface area contributed by atoms with Gasteiger partial charge in [-0.25, -0.2) is 4.79 Å². The molecule has 0 unspecified atom stereocenters. The van der Waals surface area contributed by atoms with Crippen LogP contribution in [0, 0.1) is 0 Å². The number of carbonyl (C=O) groups excluding carboxylic acids is 2. The van der Waals surface area contributed by atoms with E-state index in [-0.39, 0.29) is 32.7 Å². The predicted octanol–water partition coefficient (Wildman–Crippen LogP) is 1.66. The summed E-state index contributed by atoms with van der Waals surface area (Å²) in [6.45, 7) is 1.42. The maximum Gasteiger partial charge on any atom is 0.410 e. The summed E-state index contributed by atoms with van der Waals surface area (Å²) in [5, 5.41) is 8.69. The van der Waals surface area contributed by atoms with Crippen LogP contribution in [-0.2, 0) is 25.7 Å². The first-order valence-corrected chi connectivity index (χ1v) is 6.86. The van der Waals surface area contributed by atoms with Gasteiger partial charge in [0.25, 0.3) is 0 Å². The van der Waals surface area contributed by atoms with Gasteiger partial charge in [-0.1, -0.05) is 30.3 Å². The van der Waals surface area contributed by atoms with E-state index in [9.17, 15) is 14.4 Å². The fourth-order valence-electron chi connectivity index (χ4n) is 1.64. The first kappa shape index (κ1) is 17.5. The van der Waals surface area contributed by atoms with Gasteiger partial charge < -0.3 is 14.6 Å². The maximum absolute atomic E-state index is 12.0. The van der Waals surface area contributed by atoms with Gasteiger partial charge in [-0.2, -0.15) is 0 Å². The number of rotatable bonds is 8. The van der Waals surface area contributed by atoms with Crippen LogP contribution in [0.3, 0.4) is 0 Å². The van der Waals surface area contributed by atoms with Gasteiger partial charge >= 0.3 is 18.0 Å². The molecule has 7 heteroatoms. The molecule has 0 aliphatic carbocycles. The Bertz CT molecular complexity index is 502. The smallest absolute Gasteiger partial charge is 0.410 e. The molecule has 7 nitrogen and oxygen atoms in total. The van der Waals surface area contributed by atoms with Crippen LogP contribution in [-0.4, -0.2) is 47.7 Å². The van der Waals surface area contributed by atoms with Crippen molar-refractivity contribution in [3.8, 4) is 0 Å². The molecule has 0 aliphatic rings. The monoisotopic (exact) mass is 309 g/mol. The molecule has 1 aromatic carbocycles. The first-order valence-electron chi connectivity index (χ1n) is 6.86. The van der Waals surface area contributed by atoms with Crippen molar-refractivity contribution in [1.29, 1.82) is 0 Å². The third-order valence-corrected chi connectivity index (χ3v) is 2.68. The van der Waals surface area contributed by atoms with Crippen LogP contribution in [0.5, 0.6) is 0 Å². The Morgan fingerprint density at radius 2 is 1.82 bits per heavy atom. The van der Waals surface area contributed by atoms with E-state index in [0.717, 1.165) is 10.5 Å². The highest BCUT2D eigenvalue weighted by molar-refractivity contribution is 5.78. The number of esters is 1. The molecule has 0 saturated carbocycles. The number of aliphatic carboxylic acids is 1. The molecule has 0 spiro atoms. The molecular formula is C15H19NO6. The second-order valence-electron chi connectivity index (χ2n) is 4.41. The molecule has 0 aromatic heterocycles. The van der Waals surface area contributed by atoms with E-state index in [1.54, 1.807) is 19.1 Å². The Morgan fingerprint density at radius 3 is 2.41 bits per heavy atom. The fraction of sp³-hybridized carbons (Fsp3) is 0.400. The van der Waals surface area contributed by atoms with Gasteiger partial charge in [0.05, 0.1) is 13.0 Å². The van der Waals surface area contributed by atoms with E-state index in [1.165, 1.54) is 0 Å². The zero-order chi connectivity index (χ0) is 16.4. The van der Waals surface area contributed by atoms with E-state index in [4.69, 9.17) is 14.6 Å². The first-order chi connectivity index (χ1) is 10.5. The Labute approximate surface area is 128 Å². The van der Waals surface area contributed by atoms with Crippen LogP contribution >= 0.6 is 0 Å². The van der Waals surface area contributed by atoms with Crippen molar-refractivity contribution < 1.29 is 29.0 Å². The number of benzene rings is 1. The molecule has 0 bridgehead atoms. The summed E-state index contributed by atoms with van der Waals surface area (Å²) in [5.41, 5.74) is 0.796. The number of carboxylic acids is 1. The minimum Gasteiger partial charge on any atom is -0.481 e. The average molecular weight is 309 g/mol. The summed E-state index contributed by atoms with van der Waals surface area (Å²) in [5.74, 6) is -1.67. The van der Waals surface area contributed by atoms with Crippen LogP contribution in [0.15, 0.2) is 30.3 Å². The lowest BCUT2D eigenvalue weighted by Gasteiger charge is -2.20. The highest BCUT2D eigenvalue weighted by Crippen LogP contribution is 2.04. The van der Waals surface area contributed by atoms with Crippen molar-refractivity contribution in [2.45, 2.75) is 20.0 Å². The minimum atomic E-state index is -1.07. The van der Waals surface area contributed by atoms with E-state index in [1.807, 2.05) is 18.2 Å². The molecule has 0 aliphatic heterocycles. The van der Waals surface area contributed by atoms with Crippen LogP contribution in [0.1, 0.15) is 18.9 Å². The Balaban J connectivity index is 2.57. The maximum atomic E-state index is 12.0. The van der Waals surface area contributed by atoms with Crippen molar-refractivity contribution in [1.82, 2.24) is 4.90 Å². The van der Waals surface area contributed by atoms with Gasteiger partial charge in [0.2, 0.25) is 0 Å². The van der Waals surface area contributed by atoms with E-state index in [0.29, 0.717) is 0 Å². The lowest BCUT2D eigenvalue weighted by molar-refractivity contribution is -0.145. The number of amides is 1. The van der Waals surface area contributed by atoms with Crippen LogP contribution in [0.25, 0.3) is 0 Å². The number of nitrogens with zero attached hydrogens (tertiary/aromatic N) is 1. The highest BCUT2D eigenvalue weighted by atomic mass is 16.6. The van der Waals surface area contributed by atoms with Crippen molar-refractivity contribution >= 4 is 18.0 Å². The molecule has 0 saturated heterocycles. The van der Waals surface area contributed by atoms with Crippen molar-refractivity contribution in [2.75, 3.05) is 19.7 Å². The molecule has 0 atom stereocenters. The molecule has 1 amide bonds. The lowest BCUT2D eigenvalue weighted by atomic mass is 10.2. The zero-order valence-electron chi connectivity index (χ0n) is 12.4. The van der Waals surface area contributed by atoms with Crippen LogP contribution in [0.2, 0.25) is 0 Å². The quantitative estimate of drug-likeness (QED) is 0.734. The topological polar surface area (TPSA) is 93.1 Å². The van der Waals surface area contributed by atoms with Crippen molar-refractivity contribution in [2.24, 2.45) is 0 Å². The fourth-order valence-corrected chi connectivity index (χ4v) is 1.64. The van der Waals surface area contributed by atoms with E-state index in [2.05, 4.69) is 0 Å². The molecular weight excluding hydrogens is 290 g/mol. The third kappa shape index (κ3) is 6.74. The molecule has 1 rings (SSSR count). The van der Waals surface area contributed by atoms with Gasteiger partial charge in [0.15, 0.2) is 0 Å². The van der Waals surface area contributed by atoms with Crippen molar-refractivity contribution in [3.05, 3.63) is 35.9 Å². The second kappa shape index (κ2) is 9.38. The van der Waals surface area contributed by atoms with Crippen LogP contribution in [0.4, 0.5) is 4.79 Å². The molecule has 0 fully saturated rings. The minimum absolute atomic E-state index is 0.0477. The third-order valence-electron chi connectivity index (χ3n) is 2.68. The molecule has 0 radical (unpaired) electrons. The number of hydrogen-bond donors (Lipinski definition) is 1. The summed E-state index contributed by atoms with van der Waals surface area (Å²) in [6, 6.07) is 9.04. The number of ether oxygens (including phenoxy) is 2. The van der Waals surface area contributed by atoms with Gasteiger partial charge in [-0.15, -0.1) is 0 Å². The van der Waals surface area contributed by atoms with Crippen LogP contribution < -0.4 is 0 Å². The van der Waals surface area contributed by atoms with Gasteiger partial charge in [0, 0.05) is 6.54 Å². The molecule has 0 heterocycles. The predicted molar refractivity (Wildman–Crippen MR) is 77.1 cm³/mol. The molecule has 1 aromatic rings. The Kier molecular flexibility index (Phi) is 7.45.